The minimum atomic E-state index is -4.52. The SMILES string of the molecule is CC(CCCN(C)C)NC(=O)c1ccc(=O)n(-c2cccc(C(F)(F)F)c2)c1. The molecule has 1 heterocycles. The van der Waals surface area contributed by atoms with Gasteiger partial charge in [-0.05, 0) is 64.7 Å². The molecular weight excluding hydrogens is 371 g/mol. The molecule has 0 aliphatic rings. The van der Waals surface area contributed by atoms with Gasteiger partial charge >= 0.3 is 6.18 Å². The molecule has 0 aliphatic heterocycles. The number of pyridine rings is 1. The van der Waals surface area contributed by atoms with E-state index >= 15 is 0 Å². The standard InChI is InChI=1S/C20H24F3N3O2/c1-14(6-5-11-25(2)3)24-19(28)15-9-10-18(27)26(13-15)17-8-4-7-16(12-17)20(21,22)23/h4,7-10,12-14H,5-6,11H2,1-3H3,(H,24,28). The first-order valence-corrected chi connectivity index (χ1v) is 8.94. The Labute approximate surface area is 161 Å². The predicted octanol–water partition coefficient (Wildman–Crippen LogP) is 3.32. The molecule has 8 heteroatoms. The van der Waals surface area contributed by atoms with Crippen molar-refractivity contribution in [3.63, 3.8) is 0 Å². The number of amides is 1. The van der Waals surface area contributed by atoms with E-state index in [1.807, 2.05) is 21.0 Å². The van der Waals surface area contributed by atoms with Crippen LogP contribution in [-0.2, 0) is 6.18 Å². The maximum atomic E-state index is 12.9. The fourth-order valence-electron chi connectivity index (χ4n) is 2.75. The highest BCUT2D eigenvalue weighted by Crippen LogP contribution is 2.30. The van der Waals surface area contributed by atoms with Crippen LogP contribution in [0.3, 0.4) is 0 Å². The number of alkyl halides is 3. The topological polar surface area (TPSA) is 54.3 Å². The minimum Gasteiger partial charge on any atom is -0.350 e. The van der Waals surface area contributed by atoms with Gasteiger partial charge in [0.05, 0.1) is 11.1 Å². The summed E-state index contributed by atoms with van der Waals surface area (Å²) in [6.07, 6.45) is -1.55. The number of benzene rings is 1. The lowest BCUT2D eigenvalue weighted by Gasteiger charge is -2.16. The van der Waals surface area contributed by atoms with Gasteiger partial charge in [-0.3, -0.25) is 14.2 Å². The Morgan fingerprint density at radius 1 is 1.21 bits per heavy atom. The molecule has 152 valence electrons. The molecule has 1 aromatic heterocycles. The summed E-state index contributed by atoms with van der Waals surface area (Å²) in [6, 6.07) is 6.90. The summed E-state index contributed by atoms with van der Waals surface area (Å²) in [6.45, 7) is 2.79. The third-order valence-electron chi connectivity index (χ3n) is 4.24. The summed E-state index contributed by atoms with van der Waals surface area (Å²) in [4.78, 5) is 26.6. The van der Waals surface area contributed by atoms with E-state index in [-0.39, 0.29) is 23.2 Å². The molecule has 0 spiro atoms. The highest BCUT2D eigenvalue weighted by molar-refractivity contribution is 5.94. The van der Waals surface area contributed by atoms with Gasteiger partial charge in [-0.2, -0.15) is 13.2 Å². The van der Waals surface area contributed by atoms with Gasteiger partial charge in [-0.1, -0.05) is 6.07 Å². The Kier molecular flexibility index (Phi) is 7.01. The Morgan fingerprint density at radius 3 is 2.57 bits per heavy atom. The van der Waals surface area contributed by atoms with Crippen LogP contribution >= 0.6 is 0 Å². The summed E-state index contributed by atoms with van der Waals surface area (Å²) in [5.74, 6) is -0.377. The quantitative estimate of drug-likeness (QED) is 0.783. The second-order valence-electron chi connectivity index (χ2n) is 6.99. The molecule has 0 radical (unpaired) electrons. The van der Waals surface area contributed by atoms with Crippen molar-refractivity contribution < 1.29 is 18.0 Å². The minimum absolute atomic E-state index is 0.0495. The number of halogens is 3. The Morgan fingerprint density at radius 2 is 1.93 bits per heavy atom. The highest BCUT2D eigenvalue weighted by atomic mass is 19.4. The molecule has 5 nitrogen and oxygen atoms in total. The van der Waals surface area contributed by atoms with Gasteiger partial charge in [-0.25, -0.2) is 0 Å². The van der Waals surface area contributed by atoms with Gasteiger partial charge in [0.15, 0.2) is 0 Å². The van der Waals surface area contributed by atoms with Crippen molar-refractivity contribution in [1.29, 1.82) is 0 Å². The smallest absolute Gasteiger partial charge is 0.350 e. The average Bonchev–Trinajstić information content (AvgIpc) is 2.61. The first-order valence-electron chi connectivity index (χ1n) is 8.94. The van der Waals surface area contributed by atoms with Crippen LogP contribution in [-0.4, -0.2) is 42.1 Å². The van der Waals surface area contributed by atoms with Crippen molar-refractivity contribution in [3.8, 4) is 5.69 Å². The zero-order chi connectivity index (χ0) is 20.9. The first-order chi connectivity index (χ1) is 13.1. The lowest BCUT2D eigenvalue weighted by molar-refractivity contribution is -0.137. The van der Waals surface area contributed by atoms with E-state index < -0.39 is 17.3 Å². The van der Waals surface area contributed by atoms with Crippen LogP contribution in [0.2, 0.25) is 0 Å². The third-order valence-corrected chi connectivity index (χ3v) is 4.24. The molecule has 1 unspecified atom stereocenters. The van der Waals surface area contributed by atoms with Crippen molar-refractivity contribution in [1.82, 2.24) is 14.8 Å². The fourth-order valence-corrected chi connectivity index (χ4v) is 2.75. The molecule has 2 aromatic rings. The monoisotopic (exact) mass is 395 g/mol. The molecule has 0 saturated carbocycles. The van der Waals surface area contributed by atoms with E-state index in [1.54, 1.807) is 0 Å². The zero-order valence-corrected chi connectivity index (χ0v) is 16.1. The van der Waals surface area contributed by atoms with Crippen molar-refractivity contribution >= 4 is 5.91 Å². The normalized spacial score (nSPS) is 12.8. The van der Waals surface area contributed by atoms with Gasteiger partial charge in [0.25, 0.3) is 11.5 Å². The number of nitrogens with one attached hydrogen (secondary N) is 1. The van der Waals surface area contributed by atoms with Crippen molar-refractivity contribution in [2.24, 2.45) is 0 Å². The van der Waals surface area contributed by atoms with Crippen LogP contribution in [0.5, 0.6) is 0 Å². The maximum Gasteiger partial charge on any atom is 0.416 e. The Hall–Kier alpha value is -2.61. The molecule has 0 fully saturated rings. The van der Waals surface area contributed by atoms with Crippen molar-refractivity contribution in [2.45, 2.75) is 32.0 Å². The second kappa shape index (κ2) is 9.05. The van der Waals surface area contributed by atoms with E-state index in [1.165, 1.54) is 30.5 Å². The van der Waals surface area contributed by atoms with E-state index in [4.69, 9.17) is 0 Å². The van der Waals surface area contributed by atoms with Gasteiger partial charge in [0, 0.05) is 24.0 Å². The lowest BCUT2D eigenvalue weighted by atomic mass is 10.1. The number of carbonyl (C=O) groups is 1. The molecule has 28 heavy (non-hydrogen) atoms. The third kappa shape index (κ3) is 5.95. The van der Waals surface area contributed by atoms with Crippen LogP contribution in [0.4, 0.5) is 13.2 Å². The number of hydrogen-bond acceptors (Lipinski definition) is 3. The molecule has 0 aliphatic carbocycles. The summed E-state index contributed by atoms with van der Waals surface area (Å²) < 4.78 is 39.8. The number of carbonyl (C=O) groups excluding carboxylic acids is 1. The Balaban J connectivity index is 2.19. The zero-order valence-electron chi connectivity index (χ0n) is 16.1. The summed E-state index contributed by atoms with van der Waals surface area (Å²) in [7, 11) is 3.94. The van der Waals surface area contributed by atoms with Crippen LogP contribution in [0.15, 0.2) is 47.4 Å². The molecule has 0 bridgehead atoms. The van der Waals surface area contributed by atoms with E-state index in [2.05, 4.69) is 10.2 Å². The maximum absolute atomic E-state index is 12.9. The largest absolute Gasteiger partial charge is 0.416 e. The molecule has 1 atom stereocenters. The first kappa shape index (κ1) is 21.7. The fraction of sp³-hybridized carbons (Fsp3) is 0.400. The van der Waals surface area contributed by atoms with Gasteiger partial charge < -0.3 is 10.2 Å². The highest BCUT2D eigenvalue weighted by Gasteiger charge is 2.30. The van der Waals surface area contributed by atoms with Crippen LogP contribution in [0.25, 0.3) is 5.69 Å². The number of aromatic nitrogens is 1. The summed E-state index contributed by atoms with van der Waals surface area (Å²) >= 11 is 0. The van der Waals surface area contributed by atoms with E-state index in [0.717, 1.165) is 36.1 Å². The lowest BCUT2D eigenvalue weighted by Crippen LogP contribution is -2.34. The molecule has 0 saturated heterocycles. The van der Waals surface area contributed by atoms with E-state index in [9.17, 15) is 22.8 Å². The van der Waals surface area contributed by atoms with Crippen molar-refractivity contribution in [3.05, 3.63) is 64.1 Å². The van der Waals surface area contributed by atoms with Crippen LogP contribution in [0.1, 0.15) is 35.7 Å². The molecule has 1 N–H and O–H groups in total. The molecule has 2 rings (SSSR count). The number of rotatable bonds is 7. The van der Waals surface area contributed by atoms with E-state index in [0.29, 0.717) is 0 Å². The van der Waals surface area contributed by atoms with Gasteiger partial charge in [-0.15, -0.1) is 0 Å². The summed E-state index contributed by atoms with van der Waals surface area (Å²) in [5.41, 5.74) is -1.12. The second-order valence-corrected chi connectivity index (χ2v) is 6.99. The Bertz CT molecular complexity index is 875. The average molecular weight is 395 g/mol. The number of nitrogens with zero attached hydrogens (tertiary/aromatic N) is 2. The molecule has 1 amide bonds. The van der Waals surface area contributed by atoms with Gasteiger partial charge in [0.1, 0.15) is 0 Å². The van der Waals surface area contributed by atoms with Gasteiger partial charge in [0.2, 0.25) is 0 Å². The van der Waals surface area contributed by atoms with Crippen LogP contribution < -0.4 is 10.9 Å². The number of hydrogen-bond donors (Lipinski definition) is 1. The van der Waals surface area contributed by atoms with Crippen molar-refractivity contribution in [2.75, 3.05) is 20.6 Å². The molecule has 1 aromatic carbocycles. The predicted molar refractivity (Wildman–Crippen MR) is 102 cm³/mol. The molecular formula is C20H24F3N3O2. The summed E-state index contributed by atoms with van der Waals surface area (Å²) in [5, 5.41) is 2.85. The van der Waals surface area contributed by atoms with Crippen LogP contribution in [0, 0.1) is 0 Å².